The Kier molecular flexibility index (Phi) is 4.42. The summed E-state index contributed by atoms with van der Waals surface area (Å²) in [7, 11) is 0. The van der Waals surface area contributed by atoms with E-state index < -0.39 is 0 Å². The summed E-state index contributed by atoms with van der Waals surface area (Å²) in [4.78, 5) is 16.3. The van der Waals surface area contributed by atoms with Gasteiger partial charge in [-0.05, 0) is 72.3 Å². The third kappa shape index (κ3) is 3.45. The first-order valence-electron chi connectivity index (χ1n) is 5.68. The second kappa shape index (κ2) is 5.88. The Hall–Kier alpha value is -1.14. The predicted molar refractivity (Wildman–Crippen MR) is 85.8 cm³/mol. The normalized spacial score (nSPS) is 10.3. The summed E-state index contributed by atoms with van der Waals surface area (Å²) >= 11 is 8.26. The SMILES string of the molecule is Cc1cc(C)c(C(=O)Nc2ccc(I)cc2)c(Cl)n1. The third-order valence-corrected chi connectivity index (χ3v) is 3.62. The summed E-state index contributed by atoms with van der Waals surface area (Å²) in [6.07, 6.45) is 0. The average Bonchev–Trinajstić information content (AvgIpc) is 2.30. The van der Waals surface area contributed by atoms with Crippen molar-refractivity contribution in [2.45, 2.75) is 13.8 Å². The molecule has 1 aromatic carbocycles. The van der Waals surface area contributed by atoms with Crippen LogP contribution in [0.5, 0.6) is 0 Å². The minimum Gasteiger partial charge on any atom is -0.322 e. The molecule has 0 fully saturated rings. The van der Waals surface area contributed by atoms with Crippen LogP contribution < -0.4 is 5.32 Å². The molecule has 98 valence electrons. The Morgan fingerprint density at radius 3 is 2.47 bits per heavy atom. The predicted octanol–water partition coefficient (Wildman–Crippen LogP) is 4.21. The molecule has 1 heterocycles. The van der Waals surface area contributed by atoms with Crippen LogP contribution >= 0.6 is 34.2 Å². The van der Waals surface area contributed by atoms with E-state index in [-0.39, 0.29) is 11.1 Å². The Labute approximate surface area is 130 Å². The number of rotatable bonds is 2. The van der Waals surface area contributed by atoms with Crippen molar-refractivity contribution in [1.29, 1.82) is 0 Å². The maximum absolute atomic E-state index is 12.2. The lowest BCUT2D eigenvalue weighted by atomic mass is 10.1. The van der Waals surface area contributed by atoms with Gasteiger partial charge in [-0.15, -0.1) is 0 Å². The highest BCUT2D eigenvalue weighted by atomic mass is 127. The van der Waals surface area contributed by atoms with Crippen molar-refractivity contribution in [3.8, 4) is 0 Å². The van der Waals surface area contributed by atoms with Crippen LogP contribution in [0.25, 0.3) is 0 Å². The van der Waals surface area contributed by atoms with E-state index in [1.807, 2.05) is 44.2 Å². The van der Waals surface area contributed by atoms with Gasteiger partial charge in [0.2, 0.25) is 0 Å². The number of hydrogen-bond donors (Lipinski definition) is 1. The second-order valence-electron chi connectivity index (χ2n) is 4.21. The minimum atomic E-state index is -0.240. The molecule has 0 saturated heterocycles. The standard InChI is InChI=1S/C14H12ClIN2O/c1-8-7-9(2)17-13(15)12(8)14(19)18-11-5-3-10(16)4-6-11/h3-7H,1-2H3,(H,18,19). The molecule has 0 bridgehead atoms. The van der Waals surface area contributed by atoms with Gasteiger partial charge in [0, 0.05) is 15.0 Å². The highest BCUT2D eigenvalue weighted by Crippen LogP contribution is 2.20. The number of benzene rings is 1. The number of amides is 1. The van der Waals surface area contributed by atoms with Gasteiger partial charge in [0.1, 0.15) is 5.15 Å². The largest absolute Gasteiger partial charge is 0.322 e. The van der Waals surface area contributed by atoms with Crippen molar-refractivity contribution in [2.24, 2.45) is 0 Å². The smallest absolute Gasteiger partial charge is 0.259 e. The lowest BCUT2D eigenvalue weighted by Crippen LogP contribution is -2.15. The second-order valence-corrected chi connectivity index (χ2v) is 5.81. The van der Waals surface area contributed by atoms with E-state index in [1.54, 1.807) is 0 Å². The zero-order valence-corrected chi connectivity index (χ0v) is 13.4. The van der Waals surface area contributed by atoms with E-state index in [2.05, 4.69) is 32.9 Å². The van der Waals surface area contributed by atoms with Crippen LogP contribution in [0.3, 0.4) is 0 Å². The van der Waals surface area contributed by atoms with Gasteiger partial charge >= 0.3 is 0 Å². The molecule has 0 spiro atoms. The van der Waals surface area contributed by atoms with Gasteiger partial charge in [-0.25, -0.2) is 4.98 Å². The van der Waals surface area contributed by atoms with Gasteiger partial charge in [0.15, 0.2) is 0 Å². The summed E-state index contributed by atoms with van der Waals surface area (Å²) in [5.74, 6) is -0.240. The van der Waals surface area contributed by atoms with Gasteiger partial charge in [-0.1, -0.05) is 11.6 Å². The highest BCUT2D eigenvalue weighted by Gasteiger charge is 2.15. The van der Waals surface area contributed by atoms with E-state index >= 15 is 0 Å². The van der Waals surface area contributed by atoms with Crippen LogP contribution in [-0.4, -0.2) is 10.9 Å². The Morgan fingerprint density at radius 2 is 1.89 bits per heavy atom. The first-order valence-corrected chi connectivity index (χ1v) is 7.13. The van der Waals surface area contributed by atoms with E-state index in [4.69, 9.17) is 11.6 Å². The molecule has 0 aliphatic rings. The maximum Gasteiger partial charge on any atom is 0.259 e. The Bertz CT molecular complexity index is 603. The van der Waals surface area contributed by atoms with Crippen LogP contribution in [0.2, 0.25) is 5.15 Å². The van der Waals surface area contributed by atoms with Crippen molar-refractivity contribution >= 4 is 45.8 Å². The van der Waals surface area contributed by atoms with Crippen LogP contribution in [-0.2, 0) is 0 Å². The quantitative estimate of drug-likeness (QED) is 0.620. The Morgan fingerprint density at radius 1 is 1.26 bits per heavy atom. The van der Waals surface area contributed by atoms with Crippen LogP contribution in [0, 0.1) is 17.4 Å². The first-order chi connectivity index (χ1) is 8.97. The number of aryl methyl sites for hydroxylation is 2. The van der Waals surface area contributed by atoms with Crippen molar-refractivity contribution < 1.29 is 4.79 Å². The number of anilines is 1. The number of carbonyl (C=O) groups excluding carboxylic acids is 1. The molecule has 3 nitrogen and oxygen atoms in total. The van der Waals surface area contributed by atoms with E-state index in [0.29, 0.717) is 5.56 Å². The van der Waals surface area contributed by atoms with Crippen molar-refractivity contribution in [1.82, 2.24) is 4.98 Å². The van der Waals surface area contributed by atoms with Gasteiger partial charge in [-0.2, -0.15) is 0 Å². The van der Waals surface area contributed by atoms with Crippen molar-refractivity contribution in [2.75, 3.05) is 5.32 Å². The van der Waals surface area contributed by atoms with E-state index in [1.165, 1.54) is 0 Å². The fraction of sp³-hybridized carbons (Fsp3) is 0.143. The molecule has 2 rings (SSSR count). The van der Waals surface area contributed by atoms with Crippen LogP contribution in [0.4, 0.5) is 5.69 Å². The van der Waals surface area contributed by atoms with Crippen molar-refractivity contribution in [3.63, 3.8) is 0 Å². The fourth-order valence-electron chi connectivity index (χ4n) is 1.79. The van der Waals surface area contributed by atoms with E-state index in [0.717, 1.165) is 20.5 Å². The number of pyridine rings is 1. The van der Waals surface area contributed by atoms with Gasteiger partial charge < -0.3 is 5.32 Å². The van der Waals surface area contributed by atoms with Crippen LogP contribution in [0.15, 0.2) is 30.3 Å². The highest BCUT2D eigenvalue weighted by molar-refractivity contribution is 14.1. The third-order valence-electron chi connectivity index (χ3n) is 2.63. The van der Waals surface area contributed by atoms with Crippen molar-refractivity contribution in [3.05, 3.63) is 55.9 Å². The first kappa shape index (κ1) is 14.3. The average molecular weight is 387 g/mol. The number of carbonyl (C=O) groups is 1. The summed E-state index contributed by atoms with van der Waals surface area (Å²) in [6.45, 7) is 3.70. The molecule has 2 aromatic rings. The Balaban J connectivity index is 2.28. The molecule has 0 atom stereocenters. The molecular weight excluding hydrogens is 375 g/mol. The molecule has 1 aromatic heterocycles. The monoisotopic (exact) mass is 386 g/mol. The van der Waals surface area contributed by atoms with Crippen LogP contribution in [0.1, 0.15) is 21.6 Å². The lowest BCUT2D eigenvalue weighted by molar-refractivity contribution is 0.102. The van der Waals surface area contributed by atoms with E-state index in [9.17, 15) is 4.79 Å². The number of nitrogens with one attached hydrogen (secondary N) is 1. The lowest BCUT2D eigenvalue weighted by Gasteiger charge is -2.10. The summed E-state index contributed by atoms with van der Waals surface area (Å²) in [5.41, 5.74) is 2.78. The molecule has 1 N–H and O–H groups in total. The number of aromatic nitrogens is 1. The zero-order valence-electron chi connectivity index (χ0n) is 10.5. The molecule has 19 heavy (non-hydrogen) atoms. The summed E-state index contributed by atoms with van der Waals surface area (Å²) in [5, 5.41) is 3.06. The van der Waals surface area contributed by atoms with Gasteiger partial charge in [0.25, 0.3) is 5.91 Å². The fourth-order valence-corrected chi connectivity index (χ4v) is 2.52. The molecule has 5 heteroatoms. The molecule has 1 amide bonds. The molecular formula is C14H12ClIN2O. The number of hydrogen-bond acceptors (Lipinski definition) is 2. The molecule has 0 saturated carbocycles. The molecule has 0 aliphatic carbocycles. The maximum atomic E-state index is 12.2. The molecule has 0 aliphatic heterocycles. The topological polar surface area (TPSA) is 42.0 Å². The number of nitrogens with zero attached hydrogens (tertiary/aromatic N) is 1. The number of halogens is 2. The van der Waals surface area contributed by atoms with Gasteiger partial charge in [-0.3, -0.25) is 4.79 Å². The summed E-state index contributed by atoms with van der Waals surface area (Å²) in [6, 6.07) is 9.40. The molecule has 0 unspecified atom stereocenters. The van der Waals surface area contributed by atoms with Gasteiger partial charge in [0.05, 0.1) is 5.56 Å². The summed E-state index contributed by atoms with van der Waals surface area (Å²) < 4.78 is 1.11. The minimum absolute atomic E-state index is 0.237. The molecule has 0 radical (unpaired) electrons. The zero-order chi connectivity index (χ0) is 14.0.